The molecule has 0 radical (unpaired) electrons. The number of anilines is 2. The molecule has 2 aliphatic rings. The van der Waals surface area contributed by atoms with Crippen LogP contribution >= 0.6 is 0 Å². The largest absolute Gasteiger partial charge is 0.377 e. The normalized spacial score (nSPS) is 16.9. The van der Waals surface area contributed by atoms with Gasteiger partial charge in [-0.15, -0.1) is 0 Å². The highest BCUT2D eigenvalue weighted by atomic mass is 19.1. The number of imide groups is 1. The standard InChI is InChI=1S/C18H21FN4O4/c1-11-14(21-18(26)22(2)9-12-4-3-7-27-10-12)6-5-13(19)16(11)23-15(24)8-20-17(23)25/h4-6H,3,7-10H2,1-2H3,(H,20,25)(H,21,26). The lowest BCUT2D eigenvalue weighted by atomic mass is 10.1. The Balaban J connectivity index is 1.78. The fourth-order valence-electron chi connectivity index (χ4n) is 3.03. The second-order valence-corrected chi connectivity index (χ2v) is 6.45. The summed E-state index contributed by atoms with van der Waals surface area (Å²) in [7, 11) is 1.64. The van der Waals surface area contributed by atoms with Crippen molar-refractivity contribution < 1.29 is 23.5 Å². The summed E-state index contributed by atoms with van der Waals surface area (Å²) in [6, 6.07) is 1.45. The van der Waals surface area contributed by atoms with Gasteiger partial charge in [0.1, 0.15) is 5.82 Å². The zero-order valence-corrected chi connectivity index (χ0v) is 15.2. The molecule has 144 valence electrons. The summed E-state index contributed by atoms with van der Waals surface area (Å²) in [5, 5.41) is 5.06. The molecule has 8 nitrogen and oxygen atoms in total. The fourth-order valence-corrected chi connectivity index (χ4v) is 3.03. The maximum absolute atomic E-state index is 14.3. The van der Waals surface area contributed by atoms with Gasteiger partial charge in [0.2, 0.25) is 0 Å². The van der Waals surface area contributed by atoms with Crippen LogP contribution in [0.3, 0.4) is 0 Å². The van der Waals surface area contributed by atoms with E-state index >= 15 is 0 Å². The van der Waals surface area contributed by atoms with E-state index in [9.17, 15) is 18.8 Å². The minimum absolute atomic E-state index is 0.154. The lowest BCUT2D eigenvalue weighted by Gasteiger charge is -2.23. The van der Waals surface area contributed by atoms with Crippen LogP contribution < -0.4 is 15.5 Å². The SMILES string of the molecule is Cc1c(NC(=O)N(C)CC2=CCCOC2)ccc(F)c1N1C(=O)CNC1=O. The van der Waals surface area contributed by atoms with Crippen molar-refractivity contribution in [2.75, 3.05) is 43.6 Å². The number of urea groups is 2. The number of carbonyl (C=O) groups is 3. The van der Waals surface area contributed by atoms with Crippen molar-refractivity contribution in [2.24, 2.45) is 0 Å². The van der Waals surface area contributed by atoms with Crippen molar-refractivity contribution in [3.05, 3.63) is 35.2 Å². The third-order valence-electron chi connectivity index (χ3n) is 4.46. The summed E-state index contributed by atoms with van der Waals surface area (Å²) in [4.78, 5) is 38.5. The van der Waals surface area contributed by atoms with Gasteiger partial charge in [-0.2, -0.15) is 0 Å². The molecule has 1 saturated heterocycles. The first-order chi connectivity index (χ1) is 12.9. The van der Waals surface area contributed by atoms with Crippen LogP contribution in [0.15, 0.2) is 23.8 Å². The zero-order valence-electron chi connectivity index (χ0n) is 15.2. The van der Waals surface area contributed by atoms with Crippen LogP contribution in [-0.4, -0.2) is 56.2 Å². The molecule has 3 rings (SSSR count). The summed E-state index contributed by atoms with van der Waals surface area (Å²) in [6.45, 7) is 2.94. The van der Waals surface area contributed by atoms with Crippen molar-refractivity contribution in [1.29, 1.82) is 0 Å². The molecule has 0 bridgehead atoms. The van der Waals surface area contributed by atoms with E-state index in [-0.39, 0.29) is 18.3 Å². The second-order valence-electron chi connectivity index (χ2n) is 6.45. The topological polar surface area (TPSA) is 91.0 Å². The Morgan fingerprint density at radius 2 is 2.19 bits per heavy atom. The molecule has 0 aromatic heterocycles. The van der Waals surface area contributed by atoms with Gasteiger partial charge in [-0.05, 0) is 36.6 Å². The van der Waals surface area contributed by atoms with E-state index in [1.165, 1.54) is 11.0 Å². The third-order valence-corrected chi connectivity index (χ3v) is 4.46. The van der Waals surface area contributed by atoms with Crippen molar-refractivity contribution in [2.45, 2.75) is 13.3 Å². The number of rotatable bonds is 4. The lowest BCUT2D eigenvalue weighted by molar-refractivity contribution is -0.115. The van der Waals surface area contributed by atoms with E-state index < -0.39 is 17.8 Å². The summed E-state index contributed by atoms with van der Waals surface area (Å²) < 4.78 is 19.7. The van der Waals surface area contributed by atoms with E-state index in [1.807, 2.05) is 6.08 Å². The maximum Gasteiger partial charge on any atom is 0.329 e. The van der Waals surface area contributed by atoms with Crippen molar-refractivity contribution in [3.8, 4) is 0 Å². The number of nitrogens with one attached hydrogen (secondary N) is 2. The molecule has 1 aromatic carbocycles. The number of amides is 5. The molecule has 2 aliphatic heterocycles. The van der Waals surface area contributed by atoms with Crippen LogP contribution in [0.2, 0.25) is 0 Å². The number of nitrogens with zero attached hydrogens (tertiary/aromatic N) is 2. The van der Waals surface area contributed by atoms with Crippen LogP contribution in [0, 0.1) is 12.7 Å². The number of likely N-dealkylation sites (N-methyl/N-ethyl adjacent to an activating group) is 1. The molecular formula is C18H21FN4O4. The summed E-state index contributed by atoms with van der Waals surface area (Å²) in [6.07, 6.45) is 2.86. The van der Waals surface area contributed by atoms with Gasteiger partial charge in [0.15, 0.2) is 0 Å². The predicted molar refractivity (Wildman–Crippen MR) is 97.2 cm³/mol. The van der Waals surface area contributed by atoms with Gasteiger partial charge < -0.3 is 20.3 Å². The van der Waals surface area contributed by atoms with Gasteiger partial charge >= 0.3 is 12.1 Å². The molecule has 5 amide bonds. The third kappa shape index (κ3) is 3.92. The van der Waals surface area contributed by atoms with Crippen LogP contribution in [0.5, 0.6) is 0 Å². The van der Waals surface area contributed by atoms with Gasteiger partial charge in [0.05, 0.1) is 25.4 Å². The molecule has 0 saturated carbocycles. The molecule has 1 aromatic rings. The molecule has 2 N–H and O–H groups in total. The molecule has 0 spiro atoms. The minimum Gasteiger partial charge on any atom is -0.377 e. The van der Waals surface area contributed by atoms with Gasteiger partial charge in [-0.25, -0.2) is 18.9 Å². The fraction of sp³-hybridized carbons (Fsp3) is 0.389. The Bertz CT molecular complexity index is 808. The summed E-state index contributed by atoms with van der Waals surface area (Å²) in [5.74, 6) is -1.26. The molecule has 1 fully saturated rings. The van der Waals surface area contributed by atoms with Crippen molar-refractivity contribution >= 4 is 29.3 Å². The Kier molecular flexibility index (Phi) is 5.41. The number of hydrogen-bond acceptors (Lipinski definition) is 4. The van der Waals surface area contributed by atoms with Crippen molar-refractivity contribution in [1.82, 2.24) is 10.2 Å². The van der Waals surface area contributed by atoms with E-state index in [0.717, 1.165) is 23.0 Å². The maximum atomic E-state index is 14.3. The molecule has 0 aliphatic carbocycles. The van der Waals surface area contributed by atoms with Crippen LogP contribution in [-0.2, 0) is 9.53 Å². The molecular weight excluding hydrogens is 355 g/mol. The Labute approximate surface area is 155 Å². The van der Waals surface area contributed by atoms with Gasteiger partial charge in [0.25, 0.3) is 5.91 Å². The predicted octanol–water partition coefficient (Wildman–Crippen LogP) is 2.00. The first-order valence-electron chi connectivity index (χ1n) is 8.56. The molecule has 0 atom stereocenters. The van der Waals surface area contributed by atoms with Crippen LogP contribution in [0.1, 0.15) is 12.0 Å². The van der Waals surface area contributed by atoms with Crippen LogP contribution in [0.25, 0.3) is 0 Å². The highest BCUT2D eigenvalue weighted by molar-refractivity contribution is 6.20. The first kappa shape index (κ1) is 18.8. The van der Waals surface area contributed by atoms with Gasteiger partial charge in [-0.1, -0.05) is 6.08 Å². The lowest BCUT2D eigenvalue weighted by Crippen LogP contribution is -2.35. The van der Waals surface area contributed by atoms with E-state index in [1.54, 1.807) is 14.0 Å². The number of benzene rings is 1. The second kappa shape index (κ2) is 7.75. The molecule has 27 heavy (non-hydrogen) atoms. The summed E-state index contributed by atoms with van der Waals surface area (Å²) >= 11 is 0. The molecule has 2 heterocycles. The van der Waals surface area contributed by atoms with E-state index in [2.05, 4.69) is 10.6 Å². The smallest absolute Gasteiger partial charge is 0.329 e. The molecule has 0 unspecified atom stereocenters. The highest BCUT2D eigenvalue weighted by Crippen LogP contribution is 2.31. The number of carbonyl (C=O) groups excluding carboxylic acids is 3. The van der Waals surface area contributed by atoms with Gasteiger partial charge in [-0.3, -0.25) is 4.79 Å². The highest BCUT2D eigenvalue weighted by Gasteiger charge is 2.34. The Hall–Kier alpha value is -2.94. The molecule has 9 heteroatoms. The number of ether oxygens (including phenoxy) is 1. The van der Waals surface area contributed by atoms with E-state index in [0.29, 0.717) is 31.0 Å². The van der Waals surface area contributed by atoms with Crippen molar-refractivity contribution in [3.63, 3.8) is 0 Å². The average molecular weight is 376 g/mol. The number of halogens is 1. The Morgan fingerprint density at radius 3 is 2.81 bits per heavy atom. The van der Waals surface area contributed by atoms with E-state index in [4.69, 9.17) is 4.74 Å². The number of hydrogen-bond donors (Lipinski definition) is 2. The monoisotopic (exact) mass is 376 g/mol. The minimum atomic E-state index is -0.714. The van der Waals surface area contributed by atoms with Gasteiger partial charge in [0, 0.05) is 19.3 Å². The Morgan fingerprint density at radius 1 is 1.41 bits per heavy atom. The zero-order chi connectivity index (χ0) is 19.6. The average Bonchev–Trinajstić information content (AvgIpc) is 2.97. The van der Waals surface area contributed by atoms with Crippen LogP contribution in [0.4, 0.5) is 25.4 Å². The summed E-state index contributed by atoms with van der Waals surface area (Å²) in [5.41, 5.74) is 1.47. The first-order valence-corrected chi connectivity index (χ1v) is 8.56. The quantitative estimate of drug-likeness (QED) is 0.621.